The molecule has 0 aliphatic carbocycles. The molecule has 36 heavy (non-hydrogen) atoms. The lowest BCUT2D eigenvalue weighted by molar-refractivity contribution is -0.0328. The highest BCUT2D eigenvalue weighted by atomic mass is 32.2. The van der Waals surface area contributed by atoms with Crippen LogP contribution in [0.3, 0.4) is 0 Å². The van der Waals surface area contributed by atoms with Gasteiger partial charge in [0.05, 0.1) is 18.7 Å². The topological polar surface area (TPSA) is 82.5 Å². The lowest BCUT2D eigenvalue weighted by atomic mass is 10.1. The summed E-state index contributed by atoms with van der Waals surface area (Å²) in [4.78, 5) is 24.5. The van der Waals surface area contributed by atoms with Gasteiger partial charge in [0.1, 0.15) is 17.0 Å². The number of nitrogens with zero attached hydrogens (tertiary/aromatic N) is 2. The maximum atomic E-state index is 13.7. The average Bonchev–Trinajstić information content (AvgIpc) is 3.14. The van der Waals surface area contributed by atoms with E-state index in [1.54, 1.807) is 19.1 Å². The number of benzene rings is 2. The van der Waals surface area contributed by atoms with Crippen molar-refractivity contribution in [3.8, 4) is 11.6 Å². The van der Waals surface area contributed by atoms with E-state index < -0.39 is 41.1 Å². The zero-order valence-corrected chi connectivity index (χ0v) is 19.9. The monoisotopic (exact) mass is 529 g/mol. The molecule has 1 amide bonds. The second kappa shape index (κ2) is 11.0. The van der Waals surface area contributed by atoms with Crippen molar-refractivity contribution in [2.75, 3.05) is 7.11 Å². The Balaban J connectivity index is 1.88. The zero-order chi connectivity index (χ0) is 26.6. The number of esters is 1. The van der Waals surface area contributed by atoms with Crippen molar-refractivity contribution in [3.05, 3.63) is 70.9 Å². The second-order valence-electron chi connectivity index (χ2n) is 7.42. The van der Waals surface area contributed by atoms with Crippen molar-refractivity contribution in [1.29, 1.82) is 0 Å². The molecule has 1 aromatic heterocycles. The number of amides is 1. The predicted octanol–water partition coefficient (Wildman–Crippen LogP) is 6.04. The molecule has 0 saturated heterocycles. The van der Waals surface area contributed by atoms with Crippen LogP contribution in [-0.2, 0) is 11.8 Å². The molecule has 0 fully saturated rings. The van der Waals surface area contributed by atoms with E-state index in [0.29, 0.717) is 5.56 Å². The minimum atomic E-state index is -4.54. The van der Waals surface area contributed by atoms with E-state index in [0.717, 1.165) is 10.7 Å². The predicted molar refractivity (Wildman–Crippen MR) is 120 cm³/mol. The molecule has 0 aliphatic rings. The van der Waals surface area contributed by atoms with Crippen LogP contribution in [0, 0.1) is 0 Å². The molecular formula is C23H20F5N3O4S. The minimum Gasteiger partial charge on any atom is -0.465 e. The number of thioether (sulfide) groups is 1. The number of nitrogens with one attached hydrogen (secondary N) is 1. The maximum absolute atomic E-state index is 13.7. The Labute approximate surface area is 206 Å². The fourth-order valence-corrected chi connectivity index (χ4v) is 3.82. The first-order valence-electron chi connectivity index (χ1n) is 10.3. The SMILES string of the molecule is COC(=O)c1ccc(C(C)NC(=O)c2c(C(F)F)nn(C)c2Oc2cccc(SC(F)(F)F)c2)cc1. The average molecular weight is 529 g/mol. The summed E-state index contributed by atoms with van der Waals surface area (Å²) in [7, 11) is 2.50. The third kappa shape index (κ3) is 6.53. The van der Waals surface area contributed by atoms with Crippen molar-refractivity contribution < 1.29 is 41.0 Å². The van der Waals surface area contributed by atoms with E-state index in [4.69, 9.17) is 4.74 Å². The molecule has 13 heteroatoms. The molecule has 3 aromatic rings. The highest BCUT2D eigenvalue weighted by Crippen LogP contribution is 2.39. The molecular weight excluding hydrogens is 509 g/mol. The molecule has 192 valence electrons. The Bertz CT molecular complexity index is 1250. The fraction of sp³-hybridized carbons (Fsp3) is 0.261. The van der Waals surface area contributed by atoms with E-state index in [2.05, 4.69) is 15.2 Å². The number of carbonyl (C=O) groups excluding carboxylic acids is 2. The number of methoxy groups -OCH3 is 1. The number of aromatic nitrogens is 2. The molecule has 7 nitrogen and oxygen atoms in total. The highest BCUT2D eigenvalue weighted by Gasteiger charge is 2.32. The van der Waals surface area contributed by atoms with Crippen LogP contribution >= 0.6 is 11.8 Å². The summed E-state index contributed by atoms with van der Waals surface area (Å²) >= 11 is -0.370. The molecule has 1 atom stereocenters. The van der Waals surface area contributed by atoms with Gasteiger partial charge in [-0.15, -0.1) is 0 Å². The number of halogens is 5. The number of hydrogen-bond donors (Lipinski definition) is 1. The van der Waals surface area contributed by atoms with Crippen molar-refractivity contribution in [2.24, 2.45) is 7.05 Å². The molecule has 0 saturated carbocycles. The van der Waals surface area contributed by atoms with Crippen LogP contribution in [0.4, 0.5) is 22.0 Å². The van der Waals surface area contributed by atoms with Gasteiger partial charge in [0.2, 0.25) is 5.88 Å². The van der Waals surface area contributed by atoms with Gasteiger partial charge in [-0.05, 0) is 54.6 Å². The normalized spacial score (nSPS) is 12.4. The van der Waals surface area contributed by atoms with Gasteiger partial charge in [-0.1, -0.05) is 18.2 Å². The molecule has 1 N–H and O–H groups in total. The van der Waals surface area contributed by atoms with Gasteiger partial charge in [0, 0.05) is 11.9 Å². The molecule has 0 bridgehead atoms. The summed E-state index contributed by atoms with van der Waals surface area (Å²) in [6.07, 6.45) is -3.13. The first-order valence-corrected chi connectivity index (χ1v) is 11.1. The zero-order valence-electron chi connectivity index (χ0n) is 19.1. The fourth-order valence-electron chi connectivity index (χ4n) is 3.24. The van der Waals surface area contributed by atoms with Crippen LogP contribution in [0.5, 0.6) is 11.6 Å². The smallest absolute Gasteiger partial charge is 0.446 e. The third-order valence-electron chi connectivity index (χ3n) is 4.89. The Morgan fingerprint density at radius 2 is 1.78 bits per heavy atom. The van der Waals surface area contributed by atoms with Crippen LogP contribution in [-0.4, -0.2) is 34.3 Å². The van der Waals surface area contributed by atoms with Crippen molar-refractivity contribution in [2.45, 2.75) is 29.8 Å². The van der Waals surface area contributed by atoms with E-state index in [1.165, 1.54) is 44.5 Å². The Morgan fingerprint density at radius 3 is 2.36 bits per heavy atom. The van der Waals surface area contributed by atoms with E-state index in [9.17, 15) is 31.5 Å². The molecule has 1 heterocycles. The second-order valence-corrected chi connectivity index (χ2v) is 8.56. The van der Waals surface area contributed by atoms with E-state index in [-0.39, 0.29) is 33.9 Å². The van der Waals surface area contributed by atoms with Crippen molar-refractivity contribution >= 4 is 23.6 Å². The standard InChI is InChI=1S/C23H20F5N3O4S/c1-12(13-7-9-14(10-8-13)22(33)34-3)29-20(32)17-18(19(24)25)30-31(2)21(17)35-15-5-4-6-16(11-15)36-23(26,27)28/h4-12,19H,1-3H3,(H,29,32). The molecule has 0 aliphatic heterocycles. The van der Waals surface area contributed by atoms with E-state index in [1.807, 2.05) is 0 Å². The van der Waals surface area contributed by atoms with Gasteiger partial charge in [-0.25, -0.2) is 18.3 Å². The first kappa shape index (κ1) is 27.0. The highest BCUT2D eigenvalue weighted by molar-refractivity contribution is 8.00. The quantitative estimate of drug-likeness (QED) is 0.218. The van der Waals surface area contributed by atoms with Gasteiger partial charge < -0.3 is 14.8 Å². The largest absolute Gasteiger partial charge is 0.465 e. The van der Waals surface area contributed by atoms with Crippen molar-refractivity contribution in [1.82, 2.24) is 15.1 Å². The maximum Gasteiger partial charge on any atom is 0.446 e. The molecule has 0 spiro atoms. The minimum absolute atomic E-state index is 0.103. The summed E-state index contributed by atoms with van der Waals surface area (Å²) in [6, 6.07) is 10.3. The van der Waals surface area contributed by atoms with Crippen LogP contribution in [0.25, 0.3) is 0 Å². The lowest BCUT2D eigenvalue weighted by Gasteiger charge is -2.16. The number of carbonyl (C=O) groups is 2. The molecule has 3 rings (SSSR count). The Kier molecular flexibility index (Phi) is 8.23. The summed E-state index contributed by atoms with van der Waals surface area (Å²) in [5, 5.41) is 6.25. The summed E-state index contributed by atoms with van der Waals surface area (Å²) < 4.78 is 76.7. The number of ether oxygens (including phenoxy) is 2. The van der Waals surface area contributed by atoms with Crippen LogP contribution < -0.4 is 10.1 Å². The van der Waals surface area contributed by atoms with Crippen LogP contribution in [0.15, 0.2) is 53.4 Å². The van der Waals surface area contributed by atoms with Gasteiger partial charge in [0.15, 0.2) is 0 Å². The summed E-state index contributed by atoms with van der Waals surface area (Å²) in [5.41, 5.74) is -5.09. The third-order valence-corrected chi connectivity index (χ3v) is 5.61. The van der Waals surface area contributed by atoms with Gasteiger partial charge in [-0.3, -0.25) is 4.79 Å². The molecule has 1 unspecified atom stereocenters. The van der Waals surface area contributed by atoms with Gasteiger partial charge >= 0.3 is 11.5 Å². The summed E-state index contributed by atoms with van der Waals surface area (Å²) in [6.45, 7) is 1.60. The van der Waals surface area contributed by atoms with Crippen molar-refractivity contribution in [3.63, 3.8) is 0 Å². The van der Waals surface area contributed by atoms with E-state index >= 15 is 0 Å². The van der Waals surface area contributed by atoms with Gasteiger partial charge in [0.25, 0.3) is 12.3 Å². The van der Waals surface area contributed by atoms with Gasteiger partial charge in [-0.2, -0.15) is 18.3 Å². The van der Waals surface area contributed by atoms with Crippen LogP contribution in [0.2, 0.25) is 0 Å². The Morgan fingerprint density at radius 1 is 1.11 bits per heavy atom. The number of hydrogen-bond acceptors (Lipinski definition) is 6. The number of rotatable bonds is 8. The van der Waals surface area contributed by atoms with Crippen LogP contribution in [0.1, 0.15) is 51.4 Å². The first-order chi connectivity index (χ1) is 16.9. The Hall–Kier alpha value is -3.61. The summed E-state index contributed by atoms with van der Waals surface area (Å²) in [5.74, 6) is -1.95. The molecule has 2 aromatic carbocycles. The molecule has 0 radical (unpaired) electrons. The number of aryl methyl sites for hydroxylation is 1. The lowest BCUT2D eigenvalue weighted by Crippen LogP contribution is -2.27. The number of alkyl halides is 5.